The zero-order valence-electron chi connectivity index (χ0n) is 13.1. The standard InChI is InChI=1S/C16H17F3N4O2/c17-16(18,19)12-5-2-1-4-11(12)13(24)10-23-14(25)6-9-22-15-20-7-3-8-21-15/h1-5,7-8,13,24H,6,9-10H2,(H,23,25)(H,20,21,22)/t13-/m1/s1. The van der Waals surface area contributed by atoms with Crippen molar-refractivity contribution in [3.8, 4) is 0 Å². The molecule has 1 heterocycles. The van der Waals surface area contributed by atoms with Gasteiger partial charge in [0, 0.05) is 31.9 Å². The molecule has 0 aliphatic carbocycles. The van der Waals surface area contributed by atoms with Gasteiger partial charge in [-0.15, -0.1) is 0 Å². The van der Waals surface area contributed by atoms with Crippen molar-refractivity contribution in [3.63, 3.8) is 0 Å². The summed E-state index contributed by atoms with van der Waals surface area (Å²) in [4.78, 5) is 19.6. The molecule has 0 fully saturated rings. The topological polar surface area (TPSA) is 87.1 Å². The highest BCUT2D eigenvalue weighted by atomic mass is 19.4. The predicted octanol–water partition coefficient (Wildman–Crippen LogP) is 2.15. The number of aliphatic hydroxyl groups excluding tert-OH is 1. The number of rotatable bonds is 7. The first-order valence-corrected chi connectivity index (χ1v) is 7.49. The molecule has 1 amide bonds. The Hall–Kier alpha value is -2.68. The van der Waals surface area contributed by atoms with E-state index >= 15 is 0 Å². The minimum Gasteiger partial charge on any atom is -0.387 e. The Morgan fingerprint density at radius 2 is 1.84 bits per heavy atom. The third-order valence-corrected chi connectivity index (χ3v) is 3.32. The van der Waals surface area contributed by atoms with Crippen molar-refractivity contribution in [2.75, 3.05) is 18.4 Å². The van der Waals surface area contributed by atoms with Crippen LogP contribution in [-0.2, 0) is 11.0 Å². The number of alkyl halides is 3. The highest BCUT2D eigenvalue weighted by Crippen LogP contribution is 2.34. The van der Waals surface area contributed by atoms with E-state index in [0.29, 0.717) is 5.95 Å². The van der Waals surface area contributed by atoms with Crippen molar-refractivity contribution in [3.05, 3.63) is 53.9 Å². The highest BCUT2D eigenvalue weighted by molar-refractivity contribution is 5.76. The molecule has 0 bridgehead atoms. The maximum Gasteiger partial charge on any atom is 0.416 e. The number of benzene rings is 1. The van der Waals surface area contributed by atoms with E-state index in [4.69, 9.17) is 0 Å². The van der Waals surface area contributed by atoms with E-state index in [-0.39, 0.29) is 25.1 Å². The number of nitrogens with zero attached hydrogens (tertiary/aromatic N) is 2. The van der Waals surface area contributed by atoms with E-state index in [1.54, 1.807) is 18.5 Å². The van der Waals surface area contributed by atoms with Crippen molar-refractivity contribution >= 4 is 11.9 Å². The summed E-state index contributed by atoms with van der Waals surface area (Å²) in [6.45, 7) is -0.0567. The first-order chi connectivity index (χ1) is 11.9. The van der Waals surface area contributed by atoms with Crippen molar-refractivity contribution in [1.82, 2.24) is 15.3 Å². The van der Waals surface area contributed by atoms with E-state index in [1.807, 2.05) is 0 Å². The summed E-state index contributed by atoms with van der Waals surface area (Å²) >= 11 is 0. The Kier molecular flexibility index (Phi) is 6.29. The van der Waals surface area contributed by atoms with Crippen LogP contribution in [0.3, 0.4) is 0 Å². The van der Waals surface area contributed by atoms with Crippen molar-refractivity contribution < 1.29 is 23.1 Å². The fraction of sp³-hybridized carbons (Fsp3) is 0.312. The maximum absolute atomic E-state index is 12.9. The molecule has 1 atom stereocenters. The molecule has 1 aromatic carbocycles. The average Bonchev–Trinajstić information content (AvgIpc) is 2.60. The van der Waals surface area contributed by atoms with Gasteiger partial charge in [0.25, 0.3) is 0 Å². The van der Waals surface area contributed by atoms with Crippen LogP contribution >= 0.6 is 0 Å². The Bertz CT molecular complexity index is 695. The lowest BCUT2D eigenvalue weighted by Gasteiger charge is -2.18. The molecule has 134 valence electrons. The Labute approximate surface area is 142 Å². The van der Waals surface area contributed by atoms with Gasteiger partial charge in [0.15, 0.2) is 0 Å². The fourth-order valence-electron chi connectivity index (χ4n) is 2.13. The van der Waals surface area contributed by atoms with Crippen LogP contribution in [0.5, 0.6) is 0 Å². The summed E-state index contributed by atoms with van der Waals surface area (Å²) in [5.74, 6) is -0.0404. The third-order valence-electron chi connectivity index (χ3n) is 3.32. The second-order valence-electron chi connectivity index (χ2n) is 5.15. The number of carbonyl (C=O) groups is 1. The second kappa shape index (κ2) is 8.43. The summed E-state index contributed by atoms with van der Waals surface area (Å²) < 4.78 is 38.8. The lowest BCUT2D eigenvalue weighted by Crippen LogP contribution is -2.30. The molecule has 0 saturated carbocycles. The van der Waals surface area contributed by atoms with Crippen LogP contribution < -0.4 is 10.6 Å². The van der Waals surface area contributed by atoms with E-state index in [9.17, 15) is 23.1 Å². The van der Waals surface area contributed by atoms with Gasteiger partial charge in [-0.3, -0.25) is 4.79 Å². The van der Waals surface area contributed by atoms with Crippen LogP contribution in [0.25, 0.3) is 0 Å². The summed E-state index contributed by atoms with van der Waals surface area (Å²) in [5.41, 5.74) is -1.19. The van der Waals surface area contributed by atoms with Crippen molar-refractivity contribution in [1.29, 1.82) is 0 Å². The number of aliphatic hydroxyl groups is 1. The molecule has 0 aliphatic heterocycles. The van der Waals surface area contributed by atoms with Gasteiger partial charge in [-0.25, -0.2) is 9.97 Å². The number of halogens is 3. The largest absolute Gasteiger partial charge is 0.416 e. The Morgan fingerprint density at radius 1 is 1.16 bits per heavy atom. The van der Waals surface area contributed by atoms with Crippen LogP contribution in [-0.4, -0.2) is 34.1 Å². The molecule has 0 aliphatic rings. The highest BCUT2D eigenvalue weighted by Gasteiger charge is 2.34. The molecule has 2 aromatic rings. The van der Waals surface area contributed by atoms with E-state index in [2.05, 4.69) is 20.6 Å². The maximum atomic E-state index is 12.9. The van der Waals surface area contributed by atoms with Gasteiger partial charge in [-0.2, -0.15) is 13.2 Å². The van der Waals surface area contributed by atoms with Crippen LogP contribution in [0, 0.1) is 0 Å². The SMILES string of the molecule is O=C(CCNc1ncccn1)NC[C@@H](O)c1ccccc1C(F)(F)F. The molecule has 1 aromatic heterocycles. The zero-order chi connectivity index (χ0) is 18.3. The molecule has 0 unspecified atom stereocenters. The molecular weight excluding hydrogens is 337 g/mol. The summed E-state index contributed by atoms with van der Waals surface area (Å²) in [6.07, 6.45) is -2.87. The molecule has 6 nitrogen and oxygen atoms in total. The molecular formula is C16H17F3N4O2. The third kappa shape index (κ3) is 5.71. The second-order valence-corrected chi connectivity index (χ2v) is 5.15. The molecule has 3 N–H and O–H groups in total. The van der Waals surface area contributed by atoms with Gasteiger partial charge in [0.2, 0.25) is 11.9 Å². The van der Waals surface area contributed by atoms with E-state index in [0.717, 1.165) is 6.07 Å². The van der Waals surface area contributed by atoms with Crippen LogP contribution in [0.15, 0.2) is 42.7 Å². The average molecular weight is 354 g/mol. The Balaban J connectivity index is 1.82. The quantitative estimate of drug-likeness (QED) is 0.709. The van der Waals surface area contributed by atoms with Crippen molar-refractivity contribution in [2.45, 2.75) is 18.7 Å². The molecule has 9 heteroatoms. The van der Waals surface area contributed by atoms with Gasteiger partial charge in [-0.1, -0.05) is 18.2 Å². The van der Waals surface area contributed by atoms with Gasteiger partial charge in [-0.05, 0) is 17.7 Å². The van der Waals surface area contributed by atoms with Gasteiger partial charge in [0.1, 0.15) is 0 Å². The minimum atomic E-state index is -4.57. The first-order valence-electron chi connectivity index (χ1n) is 7.49. The molecule has 0 radical (unpaired) electrons. The van der Waals surface area contributed by atoms with Crippen LogP contribution in [0.2, 0.25) is 0 Å². The van der Waals surface area contributed by atoms with Crippen LogP contribution in [0.4, 0.5) is 19.1 Å². The number of carbonyl (C=O) groups excluding carboxylic acids is 1. The normalized spacial score (nSPS) is 12.5. The van der Waals surface area contributed by atoms with E-state index < -0.39 is 23.8 Å². The lowest BCUT2D eigenvalue weighted by molar-refractivity contribution is -0.139. The van der Waals surface area contributed by atoms with Crippen LogP contribution in [0.1, 0.15) is 23.7 Å². The Morgan fingerprint density at radius 3 is 2.52 bits per heavy atom. The first kappa shape index (κ1) is 18.7. The lowest BCUT2D eigenvalue weighted by atomic mass is 10.0. The number of anilines is 1. The van der Waals surface area contributed by atoms with Gasteiger partial charge < -0.3 is 15.7 Å². The van der Waals surface area contributed by atoms with Gasteiger partial charge in [0.05, 0.1) is 11.7 Å². The number of aromatic nitrogens is 2. The summed E-state index contributed by atoms with van der Waals surface area (Å²) in [7, 11) is 0. The molecule has 0 spiro atoms. The fourth-order valence-corrected chi connectivity index (χ4v) is 2.13. The van der Waals surface area contributed by atoms with Crippen molar-refractivity contribution in [2.24, 2.45) is 0 Å². The number of hydrogen-bond donors (Lipinski definition) is 3. The summed E-state index contributed by atoms with van der Waals surface area (Å²) in [5, 5.41) is 15.2. The van der Waals surface area contributed by atoms with Gasteiger partial charge >= 0.3 is 6.18 Å². The molecule has 25 heavy (non-hydrogen) atoms. The monoisotopic (exact) mass is 354 g/mol. The molecule has 2 rings (SSSR count). The smallest absolute Gasteiger partial charge is 0.387 e. The number of amides is 1. The van der Waals surface area contributed by atoms with E-state index in [1.165, 1.54) is 18.2 Å². The zero-order valence-corrected chi connectivity index (χ0v) is 13.1. The predicted molar refractivity (Wildman–Crippen MR) is 84.6 cm³/mol. The number of nitrogens with one attached hydrogen (secondary N) is 2. The summed E-state index contributed by atoms with van der Waals surface area (Å²) in [6, 6.07) is 6.38. The minimum absolute atomic E-state index is 0.0614. The molecule has 0 saturated heterocycles. The number of hydrogen-bond acceptors (Lipinski definition) is 5.